The van der Waals surface area contributed by atoms with Crippen molar-refractivity contribution in [1.82, 2.24) is 19.3 Å². The van der Waals surface area contributed by atoms with Gasteiger partial charge in [-0.25, -0.2) is 23.4 Å². The smallest absolute Gasteiger partial charge is 0.243 e. The van der Waals surface area contributed by atoms with Gasteiger partial charge < -0.3 is 15.0 Å². The second-order valence-corrected chi connectivity index (χ2v) is 10.3. The van der Waals surface area contributed by atoms with Crippen LogP contribution in [-0.2, 0) is 10.0 Å². The first-order chi connectivity index (χ1) is 16.2. The highest BCUT2D eigenvalue weighted by Gasteiger charge is 2.31. The normalized spacial score (nSPS) is 14.8. The lowest BCUT2D eigenvalue weighted by atomic mass is 10.1. The Kier molecular flexibility index (Phi) is 6.72. The molecule has 0 unspecified atom stereocenters. The Balaban J connectivity index is 1.50. The lowest BCUT2D eigenvalue weighted by Crippen LogP contribution is -2.49. The van der Waals surface area contributed by atoms with Gasteiger partial charge in [-0.15, -0.1) is 0 Å². The molecule has 180 valence electrons. The van der Waals surface area contributed by atoms with Crippen LogP contribution in [0.5, 0.6) is 5.75 Å². The molecule has 0 bridgehead atoms. The summed E-state index contributed by atoms with van der Waals surface area (Å²) in [6.07, 6.45) is 1.75. The quantitative estimate of drug-likeness (QED) is 0.571. The summed E-state index contributed by atoms with van der Waals surface area (Å²) in [4.78, 5) is 15.8. The van der Waals surface area contributed by atoms with Crippen LogP contribution in [0.25, 0.3) is 0 Å². The number of aromatic nitrogens is 3. The molecule has 10 heteroatoms. The highest BCUT2D eigenvalue weighted by atomic mass is 32.2. The first-order valence-corrected chi connectivity index (χ1v) is 12.6. The summed E-state index contributed by atoms with van der Waals surface area (Å²) in [7, 11) is -2.02. The van der Waals surface area contributed by atoms with Crippen LogP contribution in [0.3, 0.4) is 0 Å². The zero-order valence-electron chi connectivity index (χ0n) is 20.2. The molecule has 0 amide bonds. The van der Waals surface area contributed by atoms with Crippen LogP contribution in [0.15, 0.2) is 41.4 Å². The Morgan fingerprint density at radius 3 is 2.32 bits per heavy atom. The molecular weight excluding hydrogens is 452 g/mol. The second kappa shape index (κ2) is 9.55. The molecule has 1 N–H and O–H groups in total. The molecule has 0 atom stereocenters. The van der Waals surface area contributed by atoms with E-state index in [1.165, 1.54) is 0 Å². The number of nitrogens with one attached hydrogen (secondary N) is 1. The number of pyridine rings is 1. The van der Waals surface area contributed by atoms with Crippen LogP contribution < -0.4 is 15.0 Å². The van der Waals surface area contributed by atoms with E-state index in [4.69, 9.17) is 4.74 Å². The number of rotatable bonds is 6. The van der Waals surface area contributed by atoms with Crippen LogP contribution in [0.2, 0.25) is 0 Å². The predicted molar refractivity (Wildman–Crippen MR) is 132 cm³/mol. The van der Waals surface area contributed by atoms with Crippen molar-refractivity contribution in [3.63, 3.8) is 0 Å². The fraction of sp³-hybridized carbons (Fsp3) is 0.375. The minimum atomic E-state index is -3.61. The topological polar surface area (TPSA) is 101 Å². The van der Waals surface area contributed by atoms with Crippen LogP contribution >= 0.6 is 0 Å². The van der Waals surface area contributed by atoms with E-state index in [0.29, 0.717) is 59.8 Å². The molecule has 0 aliphatic carbocycles. The molecular formula is C24H30N6O3S. The van der Waals surface area contributed by atoms with E-state index < -0.39 is 10.0 Å². The summed E-state index contributed by atoms with van der Waals surface area (Å²) in [5.41, 5.74) is 2.65. The van der Waals surface area contributed by atoms with Crippen molar-refractivity contribution < 1.29 is 13.2 Å². The highest BCUT2D eigenvalue weighted by Crippen LogP contribution is 2.30. The average molecular weight is 483 g/mol. The maximum Gasteiger partial charge on any atom is 0.243 e. The zero-order valence-corrected chi connectivity index (χ0v) is 21.0. The fourth-order valence-corrected chi connectivity index (χ4v) is 5.78. The maximum atomic E-state index is 13.4. The minimum absolute atomic E-state index is 0.328. The van der Waals surface area contributed by atoms with E-state index >= 15 is 0 Å². The number of anilines is 3. The summed E-state index contributed by atoms with van der Waals surface area (Å²) in [5.74, 6) is 3.44. The number of methoxy groups -OCH3 is 1. The average Bonchev–Trinajstić information content (AvgIpc) is 2.80. The van der Waals surface area contributed by atoms with Gasteiger partial charge in [-0.1, -0.05) is 0 Å². The van der Waals surface area contributed by atoms with Crippen LogP contribution in [0, 0.1) is 27.7 Å². The number of aryl methyl sites for hydroxylation is 2. The van der Waals surface area contributed by atoms with E-state index in [-0.39, 0.29) is 0 Å². The molecule has 1 aliphatic heterocycles. The number of ether oxygens (including phenoxy) is 1. The molecule has 0 saturated carbocycles. The van der Waals surface area contributed by atoms with Gasteiger partial charge in [-0.3, -0.25) is 0 Å². The molecule has 3 heterocycles. The Labute approximate surface area is 200 Å². The van der Waals surface area contributed by atoms with Crippen molar-refractivity contribution in [3.05, 3.63) is 59.0 Å². The van der Waals surface area contributed by atoms with Crippen molar-refractivity contribution >= 4 is 27.5 Å². The van der Waals surface area contributed by atoms with Gasteiger partial charge in [0.25, 0.3) is 0 Å². The molecule has 0 radical (unpaired) electrons. The summed E-state index contributed by atoms with van der Waals surface area (Å²) in [6.45, 7) is 9.36. The van der Waals surface area contributed by atoms with E-state index in [1.54, 1.807) is 29.7 Å². The van der Waals surface area contributed by atoms with Crippen molar-refractivity contribution in [3.8, 4) is 5.75 Å². The fourth-order valence-electron chi connectivity index (χ4n) is 4.08. The van der Waals surface area contributed by atoms with Gasteiger partial charge in [0, 0.05) is 38.4 Å². The minimum Gasteiger partial charge on any atom is -0.496 e. The number of piperazine rings is 1. The Morgan fingerprint density at radius 2 is 1.65 bits per heavy atom. The van der Waals surface area contributed by atoms with Gasteiger partial charge in [0.15, 0.2) is 0 Å². The summed E-state index contributed by atoms with van der Waals surface area (Å²) in [5, 5.41) is 3.23. The van der Waals surface area contributed by atoms with Crippen LogP contribution in [-0.4, -0.2) is 61.0 Å². The van der Waals surface area contributed by atoms with Gasteiger partial charge in [0.2, 0.25) is 10.0 Å². The van der Waals surface area contributed by atoms with Crippen LogP contribution in [0.1, 0.15) is 22.5 Å². The molecule has 1 aliphatic rings. The van der Waals surface area contributed by atoms with Gasteiger partial charge >= 0.3 is 0 Å². The molecule has 4 rings (SSSR count). The number of hydrogen-bond acceptors (Lipinski definition) is 8. The van der Waals surface area contributed by atoms with Crippen molar-refractivity contribution in [2.45, 2.75) is 32.6 Å². The molecule has 0 spiro atoms. The summed E-state index contributed by atoms with van der Waals surface area (Å²) >= 11 is 0. The van der Waals surface area contributed by atoms with E-state index in [0.717, 1.165) is 16.9 Å². The van der Waals surface area contributed by atoms with Crippen molar-refractivity contribution in [2.24, 2.45) is 0 Å². The van der Waals surface area contributed by atoms with E-state index in [9.17, 15) is 8.42 Å². The monoisotopic (exact) mass is 482 g/mol. The summed E-state index contributed by atoms with van der Waals surface area (Å²) < 4.78 is 33.6. The third-order valence-corrected chi connectivity index (χ3v) is 8.13. The van der Waals surface area contributed by atoms with Crippen molar-refractivity contribution in [2.75, 3.05) is 43.5 Å². The molecule has 9 nitrogen and oxygen atoms in total. The third-order valence-electron chi connectivity index (χ3n) is 6.08. The van der Waals surface area contributed by atoms with Gasteiger partial charge in [-0.2, -0.15) is 4.31 Å². The zero-order chi connectivity index (χ0) is 24.5. The van der Waals surface area contributed by atoms with Crippen LogP contribution in [0.4, 0.5) is 17.5 Å². The number of benzene rings is 1. The maximum absolute atomic E-state index is 13.4. The molecule has 3 aromatic rings. The highest BCUT2D eigenvalue weighted by molar-refractivity contribution is 7.89. The van der Waals surface area contributed by atoms with E-state index in [1.807, 2.05) is 45.9 Å². The predicted octanol–water partition coefficient (Wildman–Crippen LogP) is 3.37. The van der Waals surface area contributed by atoms with Crippen molar-refractivity contribution in [1.29, 1.82) is 0 Å². The lowest BCUT2D eigenvalue weighted by molar-refractivity contribution is 0.383. The second-order valence-electron chi connectivity index (χ2n) is 8.41. The molecule has 1 aromatic carbocycles. The SMILES string of the molecule is COc1ccc(S(=O)(=O)N2CCN(c3cc(Nc4cc(C)ccn4)nc(C)n3)CC2)c(C)c1C. The Morgan fingerprint density at radius 1 is 0.912 bits per heavy atom. The number of sulfonamides is 1. The first kappa shape index (κ1) is 23.9. The Bertz CT molecular complexity index is 1300. The first-order valence-electron chi connectivity index (χ1n) is 11.1. The molecule has 1 saturated heterocycles. The third kappa shape index (κ3) is 4.83. The molecule has 34 heavy (non-hydrogen) atoms. The summed E-state index contributed by atoms with van der Waals surface area (Å²) in [6, 6.07) is 9.10. The lowest BCUT2D eigenvalue weighted by Gasteiger charge is -2.35. The van der Waals surface area contributed by atoms with Gasteiger partial charge in [0.05, 0.1) is 12.0 Å². The standard InChI is InChI=1S/C24H30N6O3S/c1-16-8-9-25-22(14-16)28-23-15-24(27-19(4)26-23)29-10-12-30(13-11-29)34(31,32)21-7-6-20(33-5)17(2)18(21)3/h6-9,14-15H,10-13H2,1-5H3,(H,25,26,27,28). The Hall–Kier alpha value is -3.24. The largest absolute Gasteiger partial charge is 0.496 e. The van der Waals surface area contributed by atoms with E-state index in [2.05, 4.69) is 25.2 Å². The molecule has 2 aromatic heterocycles. The van der Waals surface area contributed by atoms with Gasteiger partial charge in [0.1, 0.15) is 29.0 Å². The van der Waals surface area contributed by atoms with Gasteiger partial charge in [-0.05, 0) is 68.7 Å². The molecule has 1 fully saturated rings. The number of nitrogens with zero attached hydrogens (tertiary/aromatic N) is 5. The number of hydrogen-bond donors (Lipinski definition) is 1.